The van der Waals surface area contributed by atoms with Crippen LogP contribution >= 0.6 is 24.0 Å². The van der Waals surface area contributed by atoms with Crippen LogP contribution in [0.3, 0.4) is 0 Å². The number of carbonyl (C=O) groups excluding carboxylic acids is 1. The van der Waals surface area contributed by atoms with Gasteiger partial charge in [-0.25, -0.2) is 0 Å². The second kappa shape index (κ2) is 12.7. The van der Waals surface area contributed by atoms with Gasteiger partial charge < -0.3 is 15.5 Å². The van der Waals surface area contributed by atoms with Gasteiger partial charge in [0.05, 0.1) is 13.0 Å². The summed E-state index contributed by atoms with van der Waals surface area (Å²) < 4.78 is 36.7. The molecule has 28 heavy (non-hydrogen) atoms. The van der Waals surface area contributed by atoms with E-state index in [1.807, 2.05) is 11.8 Å². The molecule has 0 atom stereocenters. The first-order chi connectivity index (χ1) is 12.9. The normalized spacial score (nSPS) is 19.4. The summed E-state index contributed by atoms with van der Waals surface area (Å²) in [5, 5.41) is 6.04. The van der Waals surface area contributed by atoms with E-state index in [-0.39, 0.29) is 36.4 Å². The van der Waals surface area contributed by atoms with Crippen LogP contribution in [0.1, 0.15) is 39.0 Å². The molecule has 2 fully saturated rings. The van der Waals surface area contributed by atoms with Crippen molar-refractivity contribution >= 4 is 35.8 Å². The summed E-state index contributed by atoms with van der Waals surface area (Å²) in [6, 6.07) is 0. The second-order valence-corrected chi connectivity index (χ2v) is 7.20. The molecule has 0 unspecified atom stereocenters. The lowest BCUT2D eigenvalue weighted by atomic mass is 10.1. The van der Waals surface area contributed by atoms with Crippen LogP contribution in [-0.2, 0) is 4.79 Å². The first-order valence-electron chi connectivity index (χ1n) is 9.99. The van der Waals surface area contributed by atoms with Gasteiger partial charge in [0.25, 0.3) is 0 Å². The van der Waals surface area contributed by atoms with Crippen molar-refractivity contribution in [3.05, 3.63) is 0 Å². The lowest BCUT2D eigenvalue weighted by Crippen LogP contribution is -2.51. The Kier molecular flexibility index (Phi) is 11.5. The summed E-state index contributed by atoms with van der Waals surface area (Å²) in [5.74, 6) is 0.960. The van der Waals surface area contributed by atoms with Gasteiger partial charge in [-0.1, -0.05) is 12.8 Å². The van der Waals surface area contributed by atoms with Crippen molar-refractivity contribution in [2.75, 3.05) is 52.4 Å². The fourth-order valence-corrected chi connectivity index (χ4v) is 3.59. The standard InChI is InChI=1S/C18H32F3N5O.HI/c1-2-22-17(23-8-7-18(19,20)21)24-9-10-25-11-13-26(14-12-25)16(27)15-5-3-4-6-15;/h15H,2-14H2,1H3,(H2,22,23,24);1H. The Morgan fingerprint density at radius 1 is 1.11 bits per heavy atom. The van der Waals surface area contributed by atoms with E-state index in [1.54, 1.807) is 0 Å². The number of carbonyl (C=O) groups is 1. The minimum atomic E-state index is -4.18. The summed E-state index contributed by atoms with van der Waals surface area (Å²) in [7, 11) is 0. The van der Waals surface area contributed by atoms with Crippen molar-refractivity contribution in [1.29, 1.82) is 0 Å². The quantitative estimate of drug-likeness (QED) is 0.309. The van der Waals surface area contributed by atoms with Gasteiger partial charge in [-0.05, 0) is 19.8 Å². The highest BCUT2D eigenvalue weighted by Gasteiger charge is 2.29. The summed E-state index contributed by atoms with van der Waals surface area (Å²) in [4.78, 5) is 20.7. The molecule has 1 aliphatic heterocycles. The third kappa shape index (κ3) is 9.15. The van der Waals surface area contributed by atoms with E-state index in [1.165, 1.54) is 12.8 Å². The maximum Gasteiger partial charge on any atom is 0.390 e. The second-order valence-electron chi connectivity index (χ2n) is 7.20. The largest absolute Gasteiger partial charge is 0.390 e. The molecule has 1 amide bonds. The Balaban J connectivity index is 0.00000392. The minimum absolute atomic E-state index is 0. The molecular formula is C18H33F3IN5O. The molecule has 6 nitrogen and oxygen atoms in total. The predicted molar refractivity (Wildman–Crippen MR) is 115 cm³/mol. The lowest BCUT2D eigenvalue weighted by Gasteiger charge is -2.36. The third-order valence-electron chi connectivity index (χ3n) is 5.12. The molecule has 0 spiro atoms. The zero-order chi connectivity index (χ0) is 19.7. The highest BCUT2D eigenvalue weighted by molar-refractivity contribution is 14.0. The van der Waals surface area contributed by atoms with E-state index in [9.17, 15) is 18.0 Å². The zero-order valence-corrected chi connectivity index (χ0v) is 18.9. The van der Waals surface area contributed by atoms with Crippen molar-refractivity contribution in [1.82, 2.24) is 20.4 Å². The minimum Gasteiger partial charge on any atom is -0.357 e. The average molecular weight is 519 g/mol. The first-order valence-corrected chi connectivity index (χ1v) is 9.99. The van der Waals surface area contributed by atoms with Crippen LogP contribution in [-0.4, -0.2) is 80.2 Å². The van der Waals surface area contributed by atoms with Gasteiger partial charge in [0.15, 0.2) is 5.96 Å². The molecule has 2 N–H and O–H groups in total. The van der Waals surface area contributed by atoms with Crippen molar-refractivity contribution in [3.8, 4) is 0 Å². The van der Waals surface area contributed by atoms with Crippen LogP contribution in [0.15, 0.2) is 4.99 Å². The zero-order valence-electron chi connectivity index (χ0n) is 16.6. The third-order valence-corrected chi connectivity index (χ3v) is 5.12. The van der Waals surface area contributed by atoms with E-state index >= 15 is 0 Å². The van der Waals surface area contributed by atoms with Gasteiger partial charge in [0.1, 0.15) is 0 Å². The number of halogens is 4. The maximum atomic E-state index is 12.4. The molecular weight excluding hydrogens is 486 g/mol. The van der Waals surface area contributed by atoms with Crippen molar-refractivity contribution in [2.45, 2.75) is 45.2 Å². The number of hydrogen-bond acceptors (Lipinski definition) is 3. The molecule has 0 aromatic heterocycles. The van der Waals surface area contributed by atoms with Crippen molar-refractivity contribution in [2.24, 2.45) is 10.9 Å². The molecule has 1 heterocycles. The van der Waals surface area contributed by atoms with Gasteiger partial charge in [-0.3, -0.25) is 14.7 Å². The van der Waals surface area contributed by atoms with Crippen molar-refractivity contribution in [3.63, 3.8) is 0 Å². The van der Waals surface area contributed by atoms with E-state index < -0.39 is 12.6 Å². The number of alkyl halides is 3. The Hall–Kier alpha value is -0.780. The fourth-order valence-electron chi connectivity index (χ4n) is 3.59. The topological polar surface area (TPSA) is 60.0 Å². The molecule has 164 valence electrons. The van der Waals surface area contributed by atoms with E-state index in [2.05, 4.69) is 20.5 Å². The first kappa shape index (κ1) is 25.3. The van der Waals surface area contributed by atoms with Crippen LogP contribution in [0.25, 0.3) is 0 Å². The number of guanidine groups is 1. The van der Waals surface area contributed by atoms with Crippen LogP contribution in [0.2, 0.25) is 0 Å². The van der Waals surface area contributed by atoms with Crippen LogP contribution in [0, 0.1) is 5.92 Å². The number of hydrogen-bond donors (Lipinski definition) is 2. The number of amides is 1. The molecule has 0 bridgehead atoms. The molecule has 1 aliphatic carbocycles. The molecule has 2 rings (SSSR count). The van der Waals surface area contributed by atoms with Crippen LogP contribution < -0.4 is 10.6 Å². The molecule has 2 aliphatic rings. The fraction of sp³-hybridized carbons (Fsp3) is 0.889. The molecule has 1 saturated heterocycles. The number of aliphatic imine (C=N–C) groups is 1. The van der Waals surface area contributed by atoms with Crippen LogP contribution in [0.4, 0.5) is 13.2 Å². The van der Waals surface area contributed by atoms with Crippen LogP contribution in [0.5, 0.6) is 0 Å². The van der Waals surface area contributed by atoms with Gasteiger partial charge in [0.2, 0.25) is 5.91 Å². The number of rotatable bonds is 7. The molecule has 10 heteroatoms. The number of nitrogens with one attached hydrogen (secondary N) is 2. The number of nitrogens with zero attached hydrogens (tertiary/aromatic N) is 3. The molecule has 0 aromatic carbocycles. The Morgan fingerprint density at radius 3 is 2.32 bits per heavy atom. The summed E-state index contributed by atoms with van der Waals surface area (Å²) >= 11 is 0. The Morgan fingerprint density at radius 2 is 1.75 bits per heavy atom. The van der Waals surface area contributed by atoms with Crippen molar-refractivity contribution < 1.29 is 18.0 Å². The molecule has 0 radical (unpaired) electrons. The Labute approximate surface area is 182 Å². The average Bonchev–Trinajstić information content (AvgIpc) is 3.15. The van der Waals surface area contributed by atoms with Gasteiger partial charge in [-0.2, -0.15) is 13.2 Å². The number of piperazine rings is 1. The van der Waals surface area contributed by atoms with Gasteiger partial charge >= 0.3 is 6.18 Å². The highest BCUT2D eigenvalue weighted by atomic mass is 127. The lowest BCUT2D eigenvalue weighted by molar-refractivity contribution is -0.137. The SMILES string of the molecule is CCNC(=NCCC(F)(F)F)NCCN1CCN(C(=O)C2CCCC2)CC1.I. The summed E-state index contributed by atoms with van der Waals surface area (Å²) in [5.41, 5.74) is 0. The monoisotopic (exact) mass is 519 g/mol. The van der Waals surface area contributed by atoms with E-state index in [0.717, 1.165) is 45.6 Å². The smallest absolute Gasteiger partial charge is 0.357 e. The van der Waals surface area contributed by atoms with E-state index in [4.69, 9.17) is 0 Å². The molecule has 0 aromatic rings. The van der Waals surface area contributed by atoms with Gasteiger partial charge in [0, 0.05) is 51.7 Å². The van der Waals surface area contributed by atoms with E-state index in [0.29, 0.717) is 25.0 Å². The summed E-state index contributed by atoms with van der Waals surface area (Å²) in [6.07, 6.45) is -0.702. The van der Waals surface area contributed by atoms with Gasteiger partial charge in [-0.15, -0.1) is 24.0 Å². The predicted octanol–water partition coefficient (Wildman–Crippen LogP) is 2.45. The molecule has 1 saturated carbocycles. The summed E-state index contributed by atoms with van der Waals surface area (Å²) in [6.45, 7) is 6.76. The highest BCUT2D eigenvalue weighted by Crippen LogP contribution is 2.26. The Bertz CT molecular complexity index is 490. The maximum absolute atomic E-state index is 12.4.